The highest BCUT2D eigenvalue weighted by molar-refractivity contribution is 5.95. The van der Waals surface area contributed by atoms with E-state index in [0.717, 1.165) is 57.6 Å². The molecule has 5 aromatic carbocycles. The van der Waals surface area contributed by atoms with Crippen molar-refractivity contribution >= 4 is 21.5 Å². The Hall–Kier alpha value is -3.82. The summed E-state index contributed by atoms with van der Waals surface area (Å²) in [6.45, 7) is 2.88. The number of nitrogens with one attached hydrogen (secondary N) is 1. The van der Waals surface area contributed by atoms with Gasteiger partial charge in [-0.3, -0.25) is 5.32 Å². The zero-order valence-electron chi connectivity index (χ0n) is 19.3. The summed E-state index contributed by atoms with van der Waals surface area (Å²) in [4.78, 5) is 0. The van der Waals surface area contributed by atoms with E-state index in [-0.39, 0.29) is 11.5 Å². The Labute approximate surface area is 200 Å². The van der Waals surface area contributed by atoms with Gasteiger partial charge < -0.3 is 10.2 Å². The number of phenolic OH excluding ortho intramolecular Hbond substituents is 2. The summed E-state index contributed by atoms with van der Waals surface area (Å²) >= 11 is 0. The first-order chi connectivity index (χ1) is 16.7. The normalized spacial score (nSPS) is 11.8. The molecule has 0 saturated heterocycles. The van der Waals surface area contributed by atoms with Gasteiger partial charge in [0, 0.05) is 11.1 Å². The van der Waals surface area contributed by atoms with Crippen molar-refractivity contribution in [3.63, 3.8) is 0 Å². The van der Waals surface area contributed by atoms with E-state index in [4.69, 9.17) is 0 Å². The smallest absolute Gasteiger partial charge is 0.121 e. The molecule has 0 atom stereocenters. The largest absolute Gasteiger partial charge is 0.508 e. The van der Waals surface area contributed by atoms with Crippen LogP contribution in [0.4, 0.5) is 0 Å². The van der Waals surface area contributed by atoms with E-state index in [9.17, 15) is 10.2 Å². The average molecular weight is 448 g/mol. The molecule has 0 aliphatic heterocycles. The van der Waals surface area contributed by atoms with Crippen molar-refractivity contribution in [2.75, 3.05) is 6.54 Å². The van der Waals surface area contributed by atoms with Gasteiger partial charge in [-0.05, 0) is 52.2 Å². The van der Waals surface area contributed by atoms with Gasteiger partial charge in [0.15, 0.2) is 0 Å². The molecule has 5 rings (SSSR count). The van der Waals surface area contributed by atoms with Crippen LogP contribution in [0.15, 0.2) is 103 Å². The van der Waals surface area contributed by atoms with Crippen LogP contribution in [0.2, 0.25) is 0 Å². The minimum atomic E-state index is -0.980. The van der Waals surface area contributed by atoms with E-state index in [1.54, 1.807) is 12.1 Å². The number of benzene rings is 5. The molecule has 0 saturated carbocycles. The summed E-state index contributed by atoms with van der Waals surface area (Å²) in [7, 11) is 0. The maximum Gasteiger partial charge on any atom is 0.121 e. The van der Waals surface area contributed by atoms with Crippen molar-refractivity contribution in [3.8, 4) is 11.5 Å². The second-order valence-corrected chi connectivity index (χ2v) is 8.76. The highest BCUT2D eigenvalue weighted by Gasteiger charge is 2.42. The van der Waals surface area contributed by atoms with E-state index < -0.39 is 5.54 Å². The van der Waals surface area contributed by atoms with Gasteiger partial charge in [-0.15, -0.1) is 0 Å². The third kappa shape index (κ3) is 3.59. The minimum Gasteiger partial charge on any atom is -0.508 e. The second kappa shape index (κ2) is 9.20. The molecule has 0 amide bonds. The van der Waals surface area contributed by atoms with Crippen molar-refractivity contribution in [3.05, 3.63) is 120 Å². The Bertz CT molecular complexity index is 1360. The fourth-order valence-electron chi connectivity index (χ4n) is 5.14. The number of hydrogen-bond acceptors (Lipinski definition) is 3. The molecule has 0 spiro atoms. The summed E-state index contributed by atoms with van der Waals surface area (Å²) < 4.78 is 0. The van der Waals surface area contributed by atoms with Crippen molar-refractivity contribution in [1.82, 2.24) is 5.32 Å². The lowest BCUT2D eigenvalue weighted by atomic mass is 9.72. The first kappa shape index (κ1) is 22.0. The molecule has 170 valence electrons. The zero-order chi connectivity index (χ0) is 23.5. The Morgan fingerprint density at radius 3 is 1.65 bits per heavy atom. The van der Waals surface area contributed by atoms with Gasteiger partial charge in [-0.25, -0.2) is 0 Å². The molecule has 0 aliphatic rings. The van der Waals surface area contributed by atoms with Crippen molar-refractivity contribution in [2.45, 2.75) is 25.3 Å². The van der Waals surface area contributed by atoms with E-state index in [1.807, 2.05) is 66.7 Å². The Kier molecular flexibility index (Phi) is 5.95. The predicted octanol–water partition coefficient (Wildman–Crippen LogP) is 7.09. The molecule has 3 N–H and O–H groups in total. The van der Waals surface area contributed by atoms with E-state index in [1.165, 1.54) is 0 Å². The molecule has 0 aliphatic carbocycles. The fourth-order valence-corrected chi connectivity index (χ4v) is 5.14. The van der Waals surface area contributed by atoms with Crippen LogP contribution in [0.1, 0.15) is 36.5 Å². The number of phenols is 2. The van der Waals surface area contributed by atoms with Gasteiger partial charge in [-0.2, -0.15) is 0 Å². The SMILES string of the molecule is CCCCNC(c1ccccc1)(c1c(O)ccc2ccccc12)c1c(O)ccc2ccccc12. The van der Waals surface area contributed by atoms with Crippen LogP contribution in [-0.2, 0) is 5.54 Å². The van der Waals surface area contributed by atoms with Crippen molar-refractivity contribution in [2.24, 2.45) is 0 Å². The number of hydrogen-bond donors (Lipinski definition) is 3. The number of rotatable bonds is 7. The van der Waals surface area contributed by atoms with Gasteiger partial charge in [-0.1, -0.05) is 104 Å². The summed E-state index contributed by atoms with van der Waals surface area (Å²) in [5, 5.41) is 30.7. The third-order valence-corrected chi connectivity index (χ3v) is 6.69. The standard InChI is InChI=1S/C31H29NO2/c1-2-3-21-32-31(24-13-5-4-6-14-24,29-25-15-9-7-11-22(25)17-19-27(29)33)30-26-16-10-8-12-23(26)18-20-28(30)34/h4-20,32-34H,2-3,21H2,1H3. The molecule has 5 aromatic rings. The average Bonchev–Trinajstić information content (AvgIpc) is 2.88. The van der Waals surface area contributed by atoms with Gasteiger partial charge in [0.25, 0.3) is 0 Å². The quantitative estimate of drug-likeness (QED) is 0.184. The first-order valence-electron chi connectivity index (χ1n) is 11.9. The molecular weight excluding hydrogens is 418 g/mol. The highest BCUT2D eigenvalue weighted by atomic mass is 16.3. The second-order valence-electron chi connectivity index (χ2n) is 8.76. The maximum atomic E-state index is 11.5. The summed E-state index contributed by atoms with van der Waals surface area (Å²) in [5.41, 5.74) is 1.48. The van der Waals surface area contributed by atoms with Gasteiger partial charge >= 0.3 is 0 Å². The Morgan fingerprint density at radius 2 is 1.12 bits per heavy atom. The molecule has 3 nitrogen and oxygen atoms in total. The number of fused-ring (bicyclic) bond motifs is 2. The minimum absolute atomic E-state index is 0.193. The summed E-state index contributed by atoms with van der Waals surface area (Å²) in [5.74, 6) is 0.387. The van der Waals surface area contributed by atoms with Gasteiger partial charge in [0.2, 0.25) is 0 Å². The van der Waals surface area contributed by atoms with Crippen LogP contribution in [0.25, 0.3) is 21.5 Å². The highest BCUT2D eigenvalue weighted by Crippen LogP contribution is 2.49. The third-order valence-electron chi connectivity index (χ3n) is 6.69. The number of unbranched alkanes of at least 4 members (excludes halogenated alkanes) is 1. The Balaban J connectivity index is 1.99. The van der Waals surface area contributed by atoms with Crippen molar-refractivity contribution in [1.29, 1.82) is 0 Å². The lowest BCUT2D eigenvalue weighted by Crippen LogP contribution is -2.45. The summed E-state index contributed by atoms with van der Waals surface area (Å²) in [6, 6.07) is 33.8. The lowest BCUT2D eigenvalue weighted by molar-refractivity contribution is 0.402. The molecule has 3 heteroatoms. The fraction of sp³-hybridized carbons (Fsp3) is 0.161. The molecule has 0 heterocycles. The maximum absolute atomic E-state index is 11.5. The van der Waals surface area contributed by atoms with Gasteiger partial charge in [0.05, 0.1) is 0 Å². The molecule has 0 unspecified atom stereocenters. The molecule has 0 radical (unpaired) electrons. The molecule has 0 aromatic heterocycles. The monoisotopic (exact) mass is 447 g/mol. The lowest BCUT2D eigenvalue weighted by Gasteiger charge is -2.39. The molecule has 34 heavy (non-hydrogen) atoms. The van der Waals surface area contributed by atoms with Crippen LogP contribution in [0, 0.1) is 0 Å². The van der Waals surface area contributed by atoms with Crippen LogP contribution in [-0.4, -0.2) is 16.8 Å². The number of aromatic hydroxyl groups is 2. The van der Waals surface area contributed by atoms with E-state index in [0.29, 0.717) is 0 Å². The molecule has 0 fully saturated rings. The topological polar surface area (TPSA) is 52.5 Å². The van der Waals surface area contributed by atoms with Crippen molar-refractivity contribution < 1.29 is 10.2 Å². The van der Waals surface area contributed by atoms with E-state index >= 15 is 0 Å². The van der Waals surface area contributed by atoms with Gasteiger partial charge in [0.1, 0.15) is 17.0 Å². The zero-order valence-corrected chi connectivity index (χ0v) is 19.3. The molecular formula is C31H29NO2. The first-order valence-corrected chi connectivity index (χ1v) is 11.9. The molecule has 0 bridgehead atoms. The van der Waals surface area contributed by atoms with Crippen LogP contribution in [0.3, 0.4) is 0 Å². The van der Waals surface area contributed by atoms with Crippen LogP contribution < -0.4 is 5.32 Å². The van der Waals surface area contributed by atoms with Crippen LogP contribution >= 0.6 is 0 Å². The van der Waals surface area contributed by atoms with E-state index in [2.05, 4.69) is 36.5 Å². The Morgan fingerprint density at radius 1 is 0.618 bits per heavy atom. The van der Waals surface area contributed by atoms with Crippen LogP contribution in [0.5, 0.6) is 11.5 Å². The summed E-state index contributed by atoms with van der Waals surface area (Å²) in [6.07, 6.45) is 1.99. The predicted molar refractivity (Wildman–Crippen MR) is 140 cm³/mol.